The Hall–Kier alpha value is -4.45. The van der Waals surface area contributed by atoms with Crippen LogP contribution in [0.25, 0.3) is 16.3 Å². The first-order valence-corrected chi connectivity index (χ1v) is 11.3. The quantitative estimate of drug-likeness (QED) is 0.346. The summed E-state index contributed by atoms with van der Waals surface area (Å²) in [5, 5.41) is 4.83. The van der Waals surface area contributed by atoms with Crippen molar-refractivity contribution in [2.45, 2.75) is 20.0 Å². The van der Waals surface area contributed by atoms with E-state index >= 15 is 0 Å². The molecule has 0 aromatic heterocycles. The van der Waals surface area contributed by atoms with Crippen LogP contribution in [0.2, 0.25) is 0 Å². The van der Waals surface area contributed by atoms with Crippen molar-refractivity contribution in [1.29, 1.82) is 0 Å². The second-order valence-electron chi connectivity index (χ2n) is 8.52. The fourth-order valence-electron chi connectivity index (χ4n) is 4.19. The molecule has 0 saturated carbocycles. The van der Waals surface area contributed by atoms with Crippen molar-refractivity contribution < 1.29 is 18.7 Å². The smallest absolute Gasteiger partial charge is 0.282 e. The van der Waals surface area contributed by atoms with Gasteiger partial charge in [0.05, 0.1) is 17.4 Å². The molecule has 0 saturated heterocycles. The van der Waals surface area contributed by atoms with Crippen LogP contribution in [0.3, 0.4) is 0 Å². The lowest BCUT2D eigenvalue weighted by atomic mass is 10.0. The summed E-state index contributed by atoms with van der Waals surface area (Å²) in [6.07, 6.45) is 0.0323. The average Bonchev–Trinajstić information content (AvgIpc) is 3.09. The van der Waals surface area contributed by atoms with Gasteiger partial charge in [0.2, 0.25) is 0 Å². The highest BCUT2D eigenvalue weighted by molar-refractivity contribution is 6.47. The Labute approximate surface area is 202 Å². The normalized spacial score (nSPS) is 13.8. The number of rotatable bonds is 6. The van der Waals surface area contributed by atoms with Crippen LogP contribution < -0.4 is 15.0 Å². The van der Waals surface area contributed by atoms with E-state index in [9.17, 15) is 14.0 Å². The van der Waals surface area contributed by atoms with Gasteiger partial charge in [0.15, 0.2) is 0 Å². The third-order valence-corrected chi connectivity index (χ3v) is 5.72. The number of fused-ring (bicyclic) bond motifs is 1. The summed E-state index contributed by atoms with van der Waals surface area (Å²) in [5.74, 6) is -0.676. The molecule has 35 heavy (non-hydrogen) atoms. The minimum Gasteiger partial charge on any atom is -0.491 e. The number of imide groups is 1. The number of carbonyl (C=O) groups excluding carboxylic acids is 2. The summed E-state index contributed by atoms with van der Waals surface area (Å²) < 4.78 is 19.3. The molecule has 5 rings (SSSR count). The van der Waals surface area contributed by atoms with E-state index in [4.69, 9.17) is 4.74 Å². The summed E-state index contributed by atoms with van der Waals surface area (Å²) in [5.41, 5.74) is 1.89. The van der Waals surface area contributed by atoms with Gasteiger partial charge in [0, 0.05) is 11.1 Å². The molecule has 0 fully saturated rings. The third-order valence-electron chi connectivity index (χ3n) is 5.72. The van der Waals surface area contributed by atoms with E-state index in [0.717, 1.165) is 10.8 Å². The van der Waals surface area contributed by atoms with Crippen LogP contribution in [0.1, 0.15) is 19.4 Å². The first-order chi connectivity index (χ1) is 16.9. The van der Waals surface area contributed by atoms with Gasteiger partial charge in [-0.3, -0.25) is 9.59 Å². The van der Waals surface area contributed by atoms with E-state index in [-0.39, 0.29) is 17.4 Å². The molecule has 5 nitrogen and oxygen atoms in total. The number of carbonyl (C=O) groups is 2. The zero-order valence-electron chi connectivity index (χ0n) is 19.3. The summed E-state index contributed by atoms with van der Waals surface area (Å²) in [7, 11) is 0. The van der Waals surface area contributed by atoms with Crippen molar-refractivity contribution >= 4 is 39.5 Å². The molecule has 0 atom stereocenters. The number of amides is 2. The minimum absolute atomic E-state index is 0.0323. The molecule has 1 aliphatic rings. The average molecular weight is 467 g/mol. The highest BCUT2D eigenvalue weighted by atomic mass is 19.1. The molecule has 4 aromatic rings. The zero-order chi connectivity index (χ0) is 24.5. The van der Waals surface area contributed by atoms with Crippen LogP contribution in [-0.4, -0.2) is 17.9 Å². The number of benzene rings is 4. The van der Waals surface area contributed by atoms with Crippen LogP contribution >= 0.6 is 0 Å². The first-order valence-electron chi connectivity index (χ1n) is 11.3. The van der Waals surface area contributed by atoms with Gasteiger partial charge in [-0.2, -0.15) is 0 Å². The number of ether oxygens (including phenoxy) is 1. The third kappa shape index (κ3) is 4.26. The Kier molecular flexibility index (Phi) is 5.79. The Bertz CT molecular complexity index is 1450. The largest absolute Gasteiger partial charge is 0.491 e. The fourth-order valence-corrected chi connectivity index (χ4v) is 4.19. The Morgan fingerprint density at radius 2 is 1.49 bits per heavy atom. The van der Waals surface area contributed by atoms with E-state index < -0.39 is 17.6 Å². The van der Waals surface area contributed by atoms with Crippen molar-refractivity contribution in [3.05, 3.63) is 108 Å². The predicted octanol–water partition coefficient (Wildman–Crippen LogP) is 6.16. The maximum absolute atomic E-state index is 13.7. The number of nitrogens with one attached hydrogen (secondary N) is 1. The van der Waals surface area contributed by atoms with Crippen molar-refractivity contribution in [2.75, 3.05) is 10.2 Å². The summed E-state index contributed by atoms with van der Waals surface area (Å²) in [6, 6.07) is 25.8. The Balaban J connectivity index is 1.59. The van der Waals surface area contributed by atoms with Crippen molar-refractivity contribution in [3.63, 3.8) is 0 Å². The molecule has 0 spiro atoms. The molecule has 4 aromatic carbocycles. The topological polar surface area (TPSA) is 58.6 Å². The van der Waals surface area contributed by atoms with E-state index in [0.29, 0.717) is 22.7 Å². The molecule has 6 heteroatoms. The molecule has 1 aliphatic heterocycles. The van der Waals surface area contributed by atoms with Gasteiger partial charge < -0.3 is 10.1 Å². The SMILES string of the molecule is CC(C)Oc1ccc(NC2=C(c3ccc(F)cc3)C(=O)N(c3cccc4ccccc34)C2=O)cc1. The van der Waals surface area contributed by atoms with Gasteiger partial charge in [-0.1, -0.05) is 48.5 Å². The summed E-state index contributed by atoms with van der Waals surface area (Å²) in [6.45, 7) is 3.88. The van der Waals surface area contributed by atoms with Crippen LogP contribution in [-0.2, 0) is 9.59 Å². The van der Waals surface area contributed by atoms with Gasteiger partial charge in [0.25, 0.3) is 11.8 Å². The molecular weight excluding hydrogens is 443 g/mol. The number of hydrogen-bond acceptors (Lipinski definition) is 4. The van der Waals surface area contributed by atoms with Gasteiger partial charge in [-0.25, -0.2) is 9.29 Å². The number of halogens is 1. The standard InChI is InChI=1S/C29H23FN2O3/c1-18(2)35-23-16-14-22(15-17-23)31-27-26(20-10-12-21(30)13-11-20)28(33)32(29(27)34)25-9-5-7-19-6-3-4-8-24(19)25/h3-18,31H,1-2H3. The van der Waals surface area contributed by atoms with Crippen LogP contribution in [0.4, 0.5) is 15.8 Å². The zero-order valence-corrected chi connectivity index (χ0v) is 19.3. The molecule has 0 radical (unpaired) electrons. The molecule has 0 aliphatic carbocycles. The molecule has 0 bridgehead atoms. The van der Waals surface area contributed by atoms with Crippen molar-refractivity contribution in [3.8, 4) is 5.75 Å². The lowest BCUT2D eigenvalue weighted by Crippen LogP contribution is -2.32. The van der Waals surface area contributed by atoms with Crippen LogP contribution in [0.5, 0.6) is 5.75 Å². The number of nitrogens with zero attached hydrogens (tertiary/aromatic N) is 1. The minimum atomic E-state index is -0.479. The maximum atomic E-state index is 13.7. The van der Waals surface area contributed by atoms with Gasteiger partial charge in [-0.05, 0) is 67.3 Å². The van der Waals surface area contributed by atoms with Gasteiger partial charge in [-0.15, -0.1) is 0 Å². The molecular formula is C29H23FN2O3. The molecule has 2 amide bonds. The molecule has 0 unspecified atom stereocenters. The fraction of sp³-hybridized carbons (Fsp3) is 0.103. The van der Waals surface area contributed by atoms with E-state index in [1.807, 2.05) is 50.2 Å². The second-order valence-corrected chi connectivity index (χ2v) is 8.52. The highest BCUT2D eigenvalue weighted by Gasteiger charge is 2.40. The van der Waals surface area contributed by atoms with Crippen LogP contribution in [0.15, 0.2) is 96.7 Å². The van der Waals surface area contributed by atoms with Crippen LogP contribution in [0, 0.1) is 5.82 Å². The molecule has 1 heterocycles. The molecule has 174 valence electrons. The first kappa shape index (κ1) is 22.3. The maximum Gasteiger partial charge on any atom is 0.282 e. The van der Waals surface area contributed by atoms with Crippen molar-refractivity contribution in [2.24, 2.45) is 0 Å². The monoisotopic (exact) mass is 466 g/mol. The van der Waals surface area contributed by atoms with Crippen molar-refractivity contribution in [1.82, 2.24) is 0 Å². The van der Waals surface area contributed by atoms with Gasteiger partial charge >= 0.3 is 0 Å². The highest BCUT2D eigenvalue weighted by Crippen LogP contribution is 2.37. The number of anilines is 2. The lowest BCUT2D eigenvalue weighted by Gasteiger charge is -2.18. The summed E-state index contributed by atoms with van der Waals surface area (Å²) in [4.78, 5) is 28.6. The molecule has 1 N–H and O–H groups in total. The van der Waals surface area contributed by atoms with E-state index in [1.165, 1.54) is 29.2 Å². The Morgan fingerprint density at radius 3 is 2.20 bits per heavy atom. The van der Waals surface area contributed by atoms with E-state index in [2.05, 4.69) is 5.32 Å². The Morgan fingerprint density at radius 1 is 0.800 bits per heavy atom. The van der Waals surface area contributed by atoms with E-state index in [1.54, 1.807) is 30.3 Å². The second kappa shape index (κ2) is 9.06. The number of hydrogen-bond donors (Lipinski definition) is 1. The summed E-state index contributed by atoms with van der Waals surface area (Å²) >= 11 is 0. The predicted molar refractivity (Wildman–Crippen MR) is 136 cm³/mol. The van der Waals surface area contributed by atoms with Gasteiger partial charge in [0.1, 0.15) is 17.3 Å². The lowest BCUT2D eigenvalue weighted by molar-refractivity contribution is -0.120.